The van der Waals surface area contributed by atoms with Crippen LogP contribution in [0.15, 0.2) is 70.5 Å². The van der Waals surface area contributed by atoms with Gasteiger partial charge in [0.05, 0.1) is 5.41 Å². The molecule has 4 rings (SSSR count). The fourth-order valence-electron chi connectivity index (χ4n) is 9.34. The van der Waals surface area contributed by atoms with Crippen LogP contribution in [0, 0.1) is 17.3 Å². The van der Waals surface area contributed by atoms with Crippen LogP contribution in [-0.2, 0) is 9.59 Å². The highest BCUT2D eigenvalue weighted by Gasteiger charge is 2.61. The van der Waals surface area contributed by atoms with Gasteiger partial charge >= 0.3 is 11.9 Å². The summed E-state index contributed by atoms with van der Waals surface area (Å²) in [6.07, 6.45) is 8.41. The first-order chi connectivity index (χ1) is 22.4. The van der Waals surface area contributed by atoms with E-state index in [-0.39, 0.29) is 40.4 Å². The maximum Gasteiger partial charge on any atom is 0.310 e. The van der Waals surface area contributed by atoms with Crippen LogP contribution in [0.1, 0.15) is 126 Å². The summed E-state index contributed by atoms with van der Waals surface area (Å²) in [4.78, 5) is 27.6. The van der Waals surface area contributed by atoms with Crippen LogP contribution in [0.5, 0.6) is 0 Å². The third kappa shape index (κ3) is 9.01. The summed E-state index contributed by atoms with van der Waals surface area (Å²) in [6.45, 7) is 18.4. The van der Waals surface area contributed by atoms with Crippen molar-refractivity contribution in [3.8, 4) is 0 Å². The van der Waals surface area contributed by atoms with Gasteiger partial charge in [0.1, 0.15) is 0 Å². The van der Waals surface area contributed by atoms with Gasteiger partial charge in [0.15, 0.2) is 0 Å². The molecule has 2 heterocycles. The van der Waals surface area contributed by atoms with E-state index in [1.165, 1.54) is 9.79 Å². The van der Waals surface area contributed by atoms with Crippen molar-refractivity contribution in [2.45, 2.75) is 158 Å². The SMILES string of the molecule is CC1(C)CC(C(CCCCCCCC(=O)O)(C(=O)O)C2CC(C)(C)N(Sc3ccccc3)C(C)(C)C2)CC(C)(C)N1Sc1ccccc1. The Kier molecular flexibility index (Phi) is 12.5. The monoisotopic (exact) mass is 696 g/mol. The lowest BCUT2D eigenvalue weighted by molar-refractivity contribution is -0.171. The van der Waals surface area contributed by atoms with Gasteiger partial charge in [-0.25, -0.2) is 8.61 Å². The topological polar surface area (TPSA) is 81.1 Å². The van der Waals surface area contributed by atoms with Crippen LogP contribution in [-0.4, -0.2) is 52.9 Å². The van der Waals surface area contributed by atoms with E-state index in [0.29, 0.717) is 12.8 Å². The number of nitrogens with zero attached hydrogens (tertiary/aromatic N) is 2. The van der Waals surface area contributed by atoms with Crippen molar-refractivity contribution < 1.29 is 19.8 Å². The molecule has 2 aliphatic heterocycles. The molecule has 0 amide bonds. The summed E-state index contributed by atoms with van der Waals surface area (Å²) < 4.78 is 5.07. The molecule has 2 aromatic carbocycles. The van der Waals surface area contributed by atoms with Gasteiger partial charge in [0.2, 0.25) is 0 Å². The molecule has 0 atom stereocenters. The molecule has 48 heavy (non-hydrogen) atoms. The van der Waals surface area contributed by atoms with Crippen molar-refractivity contribution >= 4 is 35.8 Å². The number of hydrogen-bond acceptors (Lipinski definition) is 6. The predicted molar refractivity (Wildman–Crippen MR) is 200 cm³/mol. The minimum absolute atomic E-state index is 0.0181. The molecule has 2 saturated heterocycles. The Bertz CT molecular complexity index is 1240. The van der Waals surface area contributed by atoms with Crippen LogP contribution in [0.25, 0.3) is 0 Å². The molecule has 0 unspecified atom stereocenters. The van der Waals surface area contributed by atoms with E-state index in [1.54, 1.807) is 23.9 Å². The highest BCUT2D eigenvalue weighted by atomic mass is 32.2. The second-order valence-corrected chi connectivity index (χ2v) is 18.9. The largest absolute Gasteiger partial charge is 0.481 e. The van der Waals surface area contributed by atoms with E-state index in [9.17, 15) is 14.7 Å². The number of benzene rings is 2. The molecule has 0 bridgehead atoms. The molecule has 8 heteroatoms. The minimum atomic E-state index is -0.864. The fraction of sp³-hybridized carbons (Fsp3) is 0.650. The maximum absolute atomic E-state index is 14.1. The number of carboxylic acids is 2. The van der Waals surface area contributed by atoms with Crippen molar-refractivity contribution in [1.29, 1.82) is 0 Å². The first-order valence-corrected chi connectivity index (χ1v) is 19.5. The quantitative estimate of drug-likeness (QED) is 0.141. The van der Waals surface area contributed by atoms with Crippen molar-refractivity contribution in [2.24, 2.45) is 17.3 Å². The van der Waals surface area contributed by atoms with Gasteiger partial charge in [-0.3, -0.25) is 9.59 Å². The summed E-state index contributed by atoms with van der Waals surface area (Å²) in [6, 6.07) is 21.1. The second-order valence-electron chi connectivity index (χ2n) is 16.9. The van der Waals surface area contributed by atoms with Gasteiger partial charge in [-0.1, -0.05) is 62.1 Å². The average Bonchev–Trinajstić information content (AvgIpc) is 2.98. The zero-order chi connectivity index (χ0) is 35.4. The van der Waals surface area contributed by atoms with E-state index < -0.39 is 17.4 Å². The first kappa shape index (κ1) is 38.8. The Hall–Kier alpha value is -2.00. The zero-order valence-corrected chi connectivity index (χ0v) is 32.3. The molecular weight excluding hydrogens is 637 g/mol. The third-order valence-corrected chi connectivity index (χ3v) is 14.2. The van der Waals surface area contributed by atoms with Crippen LogP contribution >= 0.6 is 23.9 Å². The zero-order valence-electron chi connectivity index (χ0n) is 30.6. The molecule has 0 saturated carbocycles. The number of carbonyl (C=O) groups is 2. The molecule has 0 radical (unpaired) electrons. The molecule has 2 fully saturated rings. The highest BCUT2D eigenvalue weighted by Crippen LogP contribution is 2.60. The van der Waals surface area contributed by atoms with E-state index in [0.717, 1.165) is 51.4 Å². The molecule has 6 nitrogen and oxygen atoms in total. The summed E-state index contributed by atoms with van der Waals surface area (Å²) in [5.41, 5.74) is -1.76. The normalized spacial score (nSPS) is 21.6. The van der Waals surface area contributed by atoms with Gasteiger partial charge in [-0.2, -0.15) is 0 Å². The Morgan fingerprint density at radius 1 is 0.625 bits per heavy atom. The minimum Gasteiger partial charge on any atom is -0.481 e. The molecule has 2 aromatic rings. The Balaban J connectivity index is 1.67. The predicted octanol–water partition coefficient (Wildman–Crippen LogP) is 10.8. The lowest BCUT2D eigenvalue weighted by Crippen LogP contribution is -2.65. The average molecular weight is 697 g/mol. The van der Waals surface area contributed by atoms with Crippen molar-refractivity contribution in [3.05, 3.63) is 60.7 Å². The lowest BCUT2D eigenvalue weighted by Gasteiger charge is -2.62. The summed E-state index contributed by atoms with van der Waals surface area (Å²) in [5, 5.41) is 20.7. The summed E-state index contributed by atoms with van der Waals surface area (Å²) in [7, 11) is 0. The van der Waals surface area contributed by atoms with E-state index in [1.807, 2.05) is 12.1 Å². The number of rotatable bonds is 15. The van der Waals surface area contributed by atoms with Crippen molar-refractivity contribution in [2.75, 3.05) is 0 Å². The smallest absolute Gasteiger partial charge is 0.310 e. The van der Waals surface area contributed by atoms with Gasteiger partial charge < -0.3 is 10.2 Å². The van der Waals surface area contributed by atoms with Crippen molar-refractivity contribution in [1.82, 2.24) is 8.61 Å². The Labute approximate surface area is 299 Å². The molecule has 0 spiro atoms. The van der Waals surface area contributed by atoms with E-state index >= 15 is 0 Å². The van der Waals surface area contributed by atoms with E-state index in [4.69, 9.17) is 5.11 Å². The Morgan fingerprint density at radius 3 is 1.33 bits per heavy atom. The maximum atomic E-state index is 14.1. The number of aliphatic carboxylic acids is 2. The molecule has 2 aliphatic rings. The van der Waals surface area contributed by atoms with Crippen LogP contribution in [0.4, 0.5) is 0 Å². The van der Waals surface area contributed by atoms with Gasteiger partial charge in [0, 0.05) is 38.4 Å². The Morgan fingerprint density at radius 2 is 0.979 bits per heavy atom. The van der Waals surface area contributed by atoms with Gasteiger partial charge in [-0.05, 0) is 154 Å². The van der Waals surface area contributed by atoms with E-state index in [2.05, 4.69) is 113 Å². The van der Waals surface area contributed by atoms with Gasteiger partial charge in [0.25, 0.3) is 0 Å². The summed E-state index contributed by atoms with van der Waals surface area (Å²) >= 11 is 3.60. The number of unbranched alkanes of at least 4 members (excludes halogenated alkanes) is 4. The number of piperidine rings is 2. The molecular formula is C40H60N2O4S2. The number of hydrogen-bond donors (Lipinski definition) is 2. The lowest BCUT2D eigenvalue weighted by atomic mass is 9.52. The molecule has 2 N–H and O–H groups in total. The molecule has 0 aromatic heterocycles. The van der Waals surface area contributed by atoms with Crippen LogP contribution in [0.3, 0.4) is 0 Å². The first-order valence-electron chi connectivity index (χ1n) is 17.9. The van der Waals surface area contributed by atoms with Crippen molar-refractivity contribution in [3.63, 3.8) is 0 Å². The second kappa shape index (κ2) is 15.5. The molecule has 0 aliphatic carbocycles. The highest BCUT2D eigenvalue weighted by molar-refractivity contribution is 7.97. The number of carboxylic acid groups (broad SMARTS) is 2. The van der Waals surface area contributed by atoms with Crippen LogP contribution in [0.2, 0.25) is 0 Å². The molecule has 266 valence electrons. The summed E-state index contributed by atoms with van der Waals surface area (Å²) in [5.74, 6) is -1.34. The van der Waals surface area contributed by atoms with Gasteiger partial charge in [-0.15, -0.1) is 0 Å². The third-order valence-electron chi connectivity index (χ3n) is 10.9. The fourth-order valence-corrected chi connectivity index (χ4v) is 11.6. The van der Waals surface area contributed by atoms with Crippen LogP contribution < -0.4 is 0 Å². The standard InChI is InChI=1S/C40H60N2O4S2/c1-36(2)26-30(27-37(3,4)41(36)47-32-20-14-12-15-21-32)40(35(45)46,25-19-11-9-10-18-24-34(43)44)31-28-38(5,6)42(39(7,8)29-31)48-33-22-16-13-17-23-33/h12-17,20-23,30-31H,9-11,18-19,24-29H2,1-8H3,(H,43,44)(H,45,46).